The van der Waals surface area contributed by atoms with E-state index in [0.29, 0.717) is 25.2 Å². The summed E-state index contributed by atoms with van der Waals surface area (Å²) < 4.78 is 38.5. The van der Waals surface area contributed by atoms with Crippen molar-refractivity contribution in [3.05, 3.63) is 29.8 Å². The highest BCUT2D eigenvalue weighted by atomic mass is 19.4. The largest absolute Gasteiger partial charge is 0.465 e. The molecule has 7 heteroatoms. The van der Waals surface area contributed by atoms with Crippen molar-refractivity contribution in [2.45, 2.75) is 44.9 Å². The first kappa shape index (κ1) is 17.4. The van der Waals surface area contributed by atoms with Crippen LogP contribution in [0.3, 0.4) is 0 Å². The standard InChI is InChI=1S/C16H21F3N2O2/c1-15(2,3)21(14(22)23)13-7-8-20(10-13)12-6-4-5-11(9-12)16(17,18)19/h4-6,9,13H,7-8,10H2,1-3H3,(H,22,23)/t13-/m1/s1. The highest BCUT2D eigenvalue weighted by Crippen LogP contribution is 2.33. The van der Waals surface area contributed by atoms with Crippen molar-refractivity contribution in [3.8, 4) is 0 Å². The third-order valence-corrected chi connectivity index (χ3v) is 4.00. The van der Waals surface area contributed by atoms with Crippen molar-refractivity contribution in [2.24, 2.45) is 0 Å². The van der Waals surface area contributed by atoms with Gasteiger partial charge in [-0.15, -0.1) is 0 Å². The average Bonchev–Trinajstić information content (AvgIpc) is 2.85. The average molecular weight is 330 g/mol. The van der Waals surface area contributed by atoms with Crippen LogP contribution in [0.5, 0.6) is 0 Å². The number of rotatable bonds is 2. The van der Waals surface area contributed by atoms with E-state index in [1.54, 1.807) is 6.07 Å². The zero-order valence-corrected chi connectivity index (χ0v) is 13.4. The molecule has 1 aliphatic rings. The summed E-state index contributed by atoms with van der Waals surface area (Å²) in [6, 6.07) is 4.92. The molecule has 1 heterocycles. The topological polar surface area (TPSA) is 43.8 Å². The highest BCUT2D eigenvalue weighted by Gasteiger charge is 2.38. The van der Waals surface area contributed by atoms with Gasteiger partial charge in [-0.1, -0.05) is 6.07 Å². The monoisotopic (exact) mass is 330 g/mol. The summed E-state index contributed by atoms with van der Waals surface area (Å²) in [5.41, 5.74) is -0.772. The summed E-state index contributed by atoms with van der Waals surface area (Å²) in [5, 5.41) is 9.44. The molecule has 128 valence electrons. The maximum absolute atomic E-state index is 12.8. The van der Waals surface area contributed by atoms with Crippen molar-refractivity contribution in [1.82, 2.24) is 4.90 Å². The van der Waals surface area contributed by atoms with Crippen molar-refractivity contribution in [3.63, 3.8) is 0 Å². The number of nitrogens with zero attached hydrogens (tertiary/aromatic N) is 2. The molecular weight excluding hydrogens is 309 g/mol. The Kier molecular flexibility index (Phi) is 4.50. The third kappa shape index (κ3) is 3.89. The van der Waals surface area contributed by atoms with Gasteiger partial charge >= 0.3 is 12.3 Å². The first-order chi connectivity index (χ1) is 10.5. The van der Waals surface area contributed by atoms with Crippen molar-refractivity contribution in [1.29, 1.82) is 0 Å². The lowest BCUT2D eigenvalue weighted by molar-refractivity contribution is -0.137. The van der Waals surface area contributed by atoms with Crippen LogP contribution in [0.1, 0.15) is 32.8 Å². The second-order valence-corrected chi connectivity index (χ2v) is 6.76. The van der Waals surface area contributed by atoms with Gasteiger partial charge in [0.05, 0.1) is 11.6 Å². The van der Waals surface area contributed by atoms with Gasteiger partial charge in [0.1, 0.15) is 0 Å². The van der Waals surface area contributed by atoms with E-state index in [-0.39, 0.29) is 6.04 Å². The molecule has 1 fully saturated rings. The van der Waals surface area contributed by atoms with Gasteiger partial charge in [0.15, 0.2) is 0 Å². The number of benzene rings is 1. The van der Waals surface area contributed by atoms with Crippen molar-refractivity contribution < 1.29 is 23.1 Å². The zero-order valence-electron chi connectivity index (χ0n) is 13.4. The minimum Gasteiger partial charge on any atom is -0.465 e. The molecule has 1 atom stereocenters. The van der Waals surface area contributed by atoms with E-state index in [0.717, 1.165) is 12.1 Å². The van der Waals surface area contributed by atoms with Gasteiger partial charge in [-0.2, -0.15) is 13.2 Å². The van der Waals surface area contributed by atoms with Gasteiger partial charge in [0.25, 0.3) is 0 Å². The summed E-state index contributed by atoms with van der Waals surface area (Å²) in [6.07, 6.45) is -4.79. The molecule has 1 N–H and O–H groups in total. The number of hydrogen-bond acceptors (Lipinski definition) is 2. The number of amides is 1. The Hall–Kier alpha value is -1.92. The second-order valence-electron chi connectivity index (χ2n) is 6.76. The van der Waals surface area contributed by atoms with Crippen LogP contribution in [0.2, 0.25) is 0 Å². The fourth-order valence-electron chi connectivity index (χ4n) is 3.06. The van der Waals surface area contributed by atoms with E-state index < -0.39 is 23.4 Å². The first-order valence-electron chi connectivity index (χ1n) is 7.44. The Bertz CT molecular complexity index is 581. The molecule has 0 aromatic heterocycles. The Balaban J connectivity index is 2.18. The third-order valence-electron chi connectivity index (χ3n) is 4.00. The molecule has 1 aromatic rings. The quantitative estimate of drug-likeness (QED) is 0.889. The maximum Gasteiger partial charge on any atom is 0.416 e. The molecule has 1 amide bonds. The van der Waals surface area contributed by atoms with Gasteiger partial charge < -0.3 is 10.0 Å². The molecule has 0 saturated carbocycles. The van der Waals surface area contributed by atoms with E-state index >= 15 is 0 Å². The summed E-state index contributed by atoms with van der Waals surface area (Å²) in [4.78, 5) is 14.7. The molecule has 1 saturated heterocycles. The Morgan fingerprint density at radius 1 is 1.30 bits per heavy atom. The molecule has 0 radical (unpaired) electrons. The van der Waals surface area contributed by atoms with E-state index in [9.17, 15) is 23.1 Å². The van der Waals surface area contributed by atoms with Gasteiger partial charge in [-0.25, -0.2) is 4.79 Å². The predicted octanol–water partition coefficient (Wildman–Crippen LogP) is 4.06. The zero-order chi connectivity index (χ0) is 17.4. The second kappa shape index (κ2) is 5.94. The summed E-state index contributed by atoms with van der Waals surface area (Å²) >= 11 is 0. The van der Waals surface area contributed by atoms with Gasteiger partial charge in [0, 0.05) is 24.3 Å². The van der Waals surface area contributed by atoms with Crippen LogP contribution in [0.15, 0.2) is 24.3 Å². The van der Waals surface area contributed by atoms with Crippen LogP contribution in [-0.2, 0) is 6.18 Å². The lowest BCUT2D eigenvalue weighted by atomic mass is 10.0. The number of alkyl halides is 3. The number of anilines is 1. The summed E-state index contributed by atoms with van der Waals surface area (Å²) in [6.45, 7) is 6.37. The van der Waals surface area contributed by atoms with Crippen LogP contribution < -0.4 is 4.90 Å². The first-order valence-corrected chi connectivity index (χ1v) is 7.44. The van der Waals surface area contributed by atoms with Gasteiger partial charge in [-0.3, -0.25) is 4.90 Å². The molecule has 1 aromatic carbocycles. The summed E-state index contributed by atoms with van der Waals surface area (Å²) in [7, 11) is 0. The fraction of sp³-hybridized carbons (Fsp3) is 0.562. The van der Waals surface area contributed by atoms with E-state index in [2.05, 4.69) is 0 Å². The molecule has 0 aliphatic carbocycles. The van der Waals surface area contributed by atoms with Crippen LogP contribution >= 0.6 is 0 Å². The number of carbonyl (C=O) groups is 1. The Morgan fingerprint density at radius 3 is 2.48 bits per heavy atom. The molecule has 0 bridgehead atoms. The molecule has 0 unspecified atom stereocenters. The minimum atomic E-state index is -4.38. The summed E-state index contributed by atoms with van der Waals surface area (Å²) in [5.74, 6) is 0. The number of hydrogen-bond donors (Lipinski definition) is 1. The maximum atomic E-state index is 12.8. The SMILES string of the molecule is CC(C)(C)N(C(=O)O)[C@@H]1CCN(c2cccc(C(F)(F)F)c2)C1. The van der Waals surface area contributed by atoms with Crippen LogP contribution in [0.4, 0.5) is 23.7 Å². The van der Waals surface area contributed by atoms with Crippen molar-refractivity contribution >= 4 is 11.8 Å². The van der Waals surface area contributed by atoms with Crippen LogP contribution in [-0.4, -0.2) is 40.8 Å². The van der Waals surface area contributed by atoms with Crippen LogP contribution in [0, 0.1) is 0 Å². The lowest BCUT2D eigenvalue weighted by Gasteiger charge is -2.38. The fourth-order valence-corrected chi connectivity index (χ4v) is 3.06. The van der Waals surface area contributed by atoms with Crippen molar-refractivity contribution in [2.75, 3.05) is 18.0 Å². The normalized spacial score (nSPS) is 19.0. The number of carboxylic acid groups (broad SMARTS) is 1. The molecule has 23 heavy (non-hydrogen) atoms. The van der Waals surface area contributed by atoms with E-state index in [1.165, 1.54) is 11.0 Å². The smallest absolute Gasteiger partial charge is 0.416 e. The number of halogens is 3. The minimum absolute atomic E-state index is 0.234. The molecule has 0 spiro atoms. The molecular formula is C16H21F3N2O2. The van der Waals surface area contributed by atoms with Gasteiger partial charge in [-0.05, 0) is 45.4 Å². The van der Waals surface area contributed by atoms with E-state index in [4.69, 9.17) is 0 Å². The lowest BCUT2D eigenvalue weighted by Crippen LogP contribution is -2.52. The highest BCUT2D eigenvalue weighted by molar-refractivity contribution is 5.67. The van der Waals surface area contributed by atoms with E-state index in [1.807, 2.05) is 25.7 Å². The predicted molar refractivity (Wildman–Crippen MR) is 81.7 cm³/mol. The van der Waals surface area contributed by atoms with Gasteiger partial charge in [0.2, 0.25) is 0 Å². The molecule has 4 nitrogen and oxygen atoms in total. The Labute approximate surface area is 133 Å². The Morgan fingerprint density at radius 2 is 1.96 bits per heavy atom. The molecule has 2 rings (SSSR count). The van der Waals surface area contributed by atoms with Crippen LogP contribution in [0.25, 0.3) is 0 Å². The molecule has 1 aliphatic heterocycles.